The third-order valence-corrected chi connectivity index (χ3v) is 4.31. The van der Waals surface area contributed by atoms with Gasteiger partial charge in [0.05, 0.1) is 10.2 Å². The van der Waals surface area contributed by atoms with E-state index in [0.717, 1.165) is 21.3 Å². The van der Waals surface area contributed by atoms with E-state index < -0.39 is 0 Å². The normalized spacial score (nSPS) is 10.8. The molecule has 0 bridgehead atoms. The van der Waals surface area contributed by atoms with E-state index in [2.05, 4.69) is 33.0 Å². The number of rotatable bonds is 3. The Kier molecular flexibility index (Phi) is 3.40. The standard InChI is InChI=1S/C14H11BrN2OS/c15-13-11-4-2-1-3-9(11)5-6-12(13)18-7-10-8-19-14(16)17-10/h1-6,8H,7H2,(H2,16,17). The van der Waals surface area contributed by atoms with Crippen LogP contribution in [0.5, 0.6) is 5.75 Å². The molecule has 0 saturated heterocycles. The lowest BCUT2D eigenvalue weighted by molar-refractivity contribution is 0.301. The summed E-state index contributed by atoms with van der Waals surface area (Å²) in [6, 6.07) is 12.2. The number of nitrogens with two attached hydrogens (primary N) is 1. The summed E-state index contributed by atoms with van der Waals surface area (Å²) in [5.74, 6) is 0.810. The molecule has 96 valence electrons. The first-order chi connectivity index (χ1) is 9.24. The molecule has 0 fully saturated rings. The van der Waals surface area contributed by atoms with Gasteiger partial charge >= 0.3 is 0 Å². The number of hydrogen-bond acceptors (Lipinski definition) is 4. The molecule has 0 aliphatic carbocycles. The van der Waals surface area contributed by atoms with Gasteiger partial charge in [0.15, 0.2) is 5.13 Å². The van der Waals surface area contributed by atoms with Gasteiger partial charge in [-0.05, 0) is 32.8 Å². The number of fused-ring (bicyclic) bond motifs is 1. The van der Waals surface area contributed by atoms with Crippen molar-refractivity contribution in [2.75, 3.05) is 5.73 Å². The number of halogens is 1. The van der Waals surface area contributed by atoms with Crippen LogP contribution in [0.2, 0.25) is 0 Å². The van der Waals surface area contributed by atoms with E-state index in [1.807, 2.05) is 29.6 Å². The third kappa shape index (κ3) is 2.57. The van der Waals surface area contributed by atoms with Crippen molar-refractivity contribution < 1.29 is 4.74 Å². The lowest BCUT2D eigenvalue weighted by atomic mass is 10.1. The Hall–Kier alpha value is -1.59. The van der Waals surface area contributed by atoms with Crippen molar-refractivity contribution in [3.05, 3.63) is 51.9 Å². The zero-order valence-electron chi connectivity index (χ0n) is 9.97. The summed E-state index contributed by atoms with van der Waals surface area (Å²) in [7, 11) is 0. The molecule has 3 aromatic rings. The number of anilines is 1. The molecule has 1 heterocycles. The zero-order valence-corrected chi connectivity index (χ0v) is 12.4. The predicted octanol–water partition coefficient (Wildman–Crippen LogP) is 4.22. The summed E-state index contributed by atoms with van der Waals surface area (Å²) in [6.45, 7) is 0.421. The predicted molar refractivity (Wildman–Crippen MR) is 82.5 cm³/mol. The summed E-state index contributed by atoms with van der Waals surface area (Å²) >= 11 is 5.01. The van der Waals surface area contributed by atoms with E-state index in [0.29, 0.717) is 11.7 Å². The van der Waals surface area contributed by atoms with Gasteiger partial charge in [-0.15, -0.1) is 11.3 Å². The molecular weight excluding hydrogens is 324 g/mol. The van der Waals surface area contributed by atoms with Gasteiger partial charge in [0.2, 0.25) is 0 Å². The molecule has 1 aromatic heterocycles. The maximum Gasteiger partial charge on any atom is 0.180 e. The maximum atomic E-state index is 5.79. The van der Waals surface area contributed by atoms with Gasteiger partial charge in [-0.3, -0.25) is 0 Å². The SMILES string of the molecule is Nc1nc(COc2ccc3ccccc3c2Br)cs1. The topological polar surface area (TPSA) is 48.1 Å². The maximum absolute atomic E-state index is 5.79. The number of hydrogen-bond donors (Lipinski definition) is 1. The largest absolute Gasteiger partial charge is 0.486 e. The van der Waals surface area contributed by atoms with Crippen molar-refractivity contribution in [2.24, 2.45) is 0 Å². The second-order valence-corrected chi connectivity index (χ2v) is 5.75. The Labute approximate surface area is 123 Å². The number of nitrogens with zero attached hydrogens (tertiary/aromatic N) is 1. The van der Waals surface area contributed by atoms with Crippen molar-refractivity contribution in [3.63, 3.8) is 0 Å². The van der Waals surface area contributed by atoms with Gasteiger partial charge in [-0.25, -0.2) is 4.98 Å². The molecule has 5 heteroatoms. The van der Waals surface area contributed by atoms with E-state index in [1.54, 1.807) is 0 Å². The van der Waals surface area contributed by atoms with Crippen molar-refractivity contribution >= 4 is 43.2 Å². The molecule has 19 heavy (non-hydrogen) atoms. The quantitative estimate of drug-likeness (QED) is 0.780. The molecule has 0 amide bonds. The number of nitrogen functional groups attached to an aromatic ring is 1. The van der Waals surface area contributed by atoms with Crippen LogP contribution in [-0.2, 0) is 6.61 Å². The van der Waals surface area contributed by atoms with Crippen LogP contribution in [0.3, 0.4) is 0 Å². The summed E-state index contributed by atoms with van der Waals surface area (Å²) in [6.07, 6.45) is 0. The summed E-state index contributed by atoms with van der Waals surface area (Å²) < 4.78 is 6.75. The number of aromatic nitrogens is 1. The van der Waals surface area contributed by atoms with Crippen LogP contribution in [0.1, 0.15) is 5.69 Å². The van der Waals surface area contributed by atoms with Gasteiger partial charge in [0.25, 0.3) is 0 Å². The molecule has 0 radical (unpaired) electrons. The Morgan fingerprint density at radius 1 is 1.21 bits per heavy atom. The van der Waals surface area contributed by atoms with Crippen LogP contribution in [0.15, 0.2) is 46.3 Å². The highest BCUT2D eigenvalue weighted by Crippen LogP contribution is 2.33. The molecule has 2 aromatic carbocycles. The van der Waals surface area contributed by atoms with Crippen molar-refractivity contribution in [1.82, 2.24) is 4.98 Å². The highest BCUT2D eigenvalue weighted by molar-refractivity contribution is 9.10. The molecule has 0 unspecified atom stereocenters. The molecule has 0 aliphatic heterocycles. The fourth-order valence-electron chi connectivity index (χ4n) is 1.87. The van der Waals surface area contributed by atoms with E-state index in [1.165, 1.54) is 16.7 Å². The van der Waals surface area contributed by atoms with E-state index >= 15 is 0 Å². The van der Waals surface area contributed by atoms with Crippen molar-refractivity contribution in [1.29, 1.82) is 0 Å². The molecule has 2 N–H and O–H groups in total. The summed E-state index contributed by atoms with van der Waals surface area (Å²) in [4.78, 5) is 4.17. The smallest absolute Gasteiger partial charge is 0.180 e. The van der Waals surface area contributed by atoms with Crippen LogP contribution >= 0.6 is 27.3 Å². The second kappa shape index (κ2) is 5.19. The minimum atomic E-state index is 0.421. The minimum Gasteiger partial charge on any atom is -0.486 e. The van der Waals surface area contributed by atoms with E-state index in [9.17, 15) is 0 Å². The van der Waals surface area contributed by atoms with Gasteiger partial charge < -0.3 is 10.5 Å². The molecular formula is C14H11BrN2OS. The first kappa shape index (κ1) is 12.4. The van der Waals surface area contributed by atoms with Crippen LogP contribution in [-0.4, -0.2) is 4.98 Å². The van der Waals surface area contributed by atoms with Gasteiger partial charge in [0, 0.05) is 5.38 Å². The van der Waals surface area contributed by atoms with Crippen LogP contribution in [0.4, 0.5) is 5.13 Å². The average Bonchev–Trinajstić information content (AvgIpc) is 2.84. The Bertz CT molecular complexity index is 726. The van der Waals surface area contributed by atoms with Crippen LogP contribution in [0.25, 0.3) is 10.8 Å². The van der Waals surface area contributed by atoms with Crippen LogP contribution in [0, 0.1) is 0 Å². The Morgan fingerprint density at radius 3 is 2.84 bits per heavy atom. The minimum absolute atomic E-state index is 0.421. The van der Waals surface area contributed by atoms with Crippen LogP contribution < -0.4 is 10.5 Å². The molecule has 0 atom stereocenters. The zero-order chi connectivity index (χ0) is 13.2. The molecule has 0 spiro atoms. The van der Waals surface area contributed by atoms with Gasteiger partial charge in [-0.2, -0.15) is 0 Å². The van der Waals surface area contributed by atoms with Crippen molar-refractivity contribution in [3.8, 4) is 5.75 Å². The average molecular weight is 335 g/mol. The molecule has 3 nitrogen and oxygen atoms in total. The fourth-order valence-corrected chi connectivity index (χ4v) is 3.02. The Balaban J connectivity index is 1.87. The van der Waals surface area contributed by atoms with Crippen molar-refractivity contribution in [2.45, 2.75) is 6.61 Å². The monoisotopic (exact) mass is 334 g/mol. The van der Waals surface area contributed by atoms with Gasteiger partial charge in [-0.1, -0.05) is 30.3 Å². The first-order valence-corrected chi connectivity index (χ1v) is 7.41. The highest BCUT2D eigenvalue weighted by atomic mass is 79.9. The Morgan fingerprint density at radius 2 is 2.05 bits per heavy atom. The molecule has 0 aliphatic rings. The number of ether oxygens (including phenoxy) is 1. The summed E-state index contributed by atoms with van der Waals surface area (Å²) in [5.41, 5.74) is 6.44. The lowest BCUT2D eigenvalue weighted by Crippen LogP contribution is -1.97. The first-order valence-electron chi connectivity index (χ1n) is 5.74. The van der Waals surface area contributed by atoms with E-state index in [-0.39, 0.29) is 0 Å². The highest BCUT2D eigenvalue weighted by Gasteiger charge is 2.07. The number of thiazole rings is 1. The second-order valence-electron chi connectivity index (χ2n) is 4.06. The summed E-state index contributed by atoms with van der Waals surface area (Å²) in [5, 5.41) is 4.79. The molecule has 3 rings (SSSR count). The fraction of sp³-hybridized carbons (Fsp3) is 0.0714. The number of benzene rings is 2. The lowest BCUT2D eigenvalue weighted by Gasteiger charge is -2.09. The van der Waals surface area contributed by atoms with Gasteiger partial charge in [0.1, 0.15) is 12.4 Å². The van der Waals surface area contributed by atoms with E-state index in [4.69, 9.17) is 10.5 Å². The third-order valence-electron chi connectivity index (χ3n) is 2.77. The molecule has 0 saturated carbocycles.